The molecule has 0 aliphatic heterocycles. The third kappa shape index (κ3) is 5.38. The van der Waals surface area contributed by atoms with Crippen LogP contribution in [0.25, 0.3) is 16.9 Å². The summed E-state index contributed by atoms with van der Waals surface area (Å²) in [5.41, 5.74) is 6.71. The average Bonchev–Trinajstić information content (AvgIpc) is 3.30. The predicted molar refractivity (Wildman–Crippen MR) is 141 cm³/mol. The van der Waals surface area contributed by atoms with E-state index in [-0.39, 0.29) is 5.91 Å². The van der Waals surface area contributed by atoms with Crippen molar-refractivity contribution in [3.8, 4) is 17.0 Å². The molecule has 0 aliphatic carbocycles. The Bertz CT molecular complexity index is 1430. The van der Waals surface area contributed by atoms with Gasteiger partial charge in [-0.15, -0.1) is 0 Å². The van der Waals surface area contributed by atoms with Crippen molar-refractivity contribution in [2.24, 2.45) is 0 Å². The molecule has 0 atom stereocenters. The van der Waals surface area contributed by atoms with Gasteiger partial charge in [-0.05, 0) is 61.2 Å². The van der Waals surface area contributed by atoms with Crippen molar-refractivity contribution in [3.05, 3.63) is 114 Å². The summed E-state index contributed by atoms with van der Waals surface area (Å²) in [6, 6.07) is 13.5. The molecule has 0 saturated heterocycles. The number of carbonyl (C=O) groups is 1. The molecule has 1 amide bonds. The Morgan fingerprint density at radius 2 is 2.03 bits per heavy atom. The van der Waals surface area contributed by atoms with Crippen molar-refractivity contribution in [2.45, 2.75) is 20.3 Å². The highest BCUT2D eigenvalue weighted by molar-refractivity contribution is 6.04. The van der Waals surface area contributed by atoms with Crippen molar-refractivity contribution in [3.63, 3.8) is 0 Å². The van der Waals surface area contributed by atoms with Crippen LogP contribution in [0.1, 0.15) is 28.5 Å². The summed E-state index contributed by atoms with van der Waals surface area (Å²) in [5.74, 6) is 0.319. The summed E-state index contributed by atoms with van der Waals surface area (Å²) in [5, 5.41) is 2.96. The lowest BCUT2D eigenvalue weighted by atomic mass is 10.0. The van der Waals surface area contributed by atoms with Gasteiger partial charge in [-0.1, -0.05) is 49.1 Å². The van der Waals surface area contributed by atoms with Gasteiger partial charge in [0.2, 0.25) is 0 Å². The summed E-state index contributed by atoms with van der Waals surface area (Å²) in [7, 11) is 1.58. The topological polar surface area (TPSA) is 68.5 Å². The molecule has 0 spiro atoms. The molecule has 1 aromatic carbocycles. The molecule has 3 aromatic heterocycles. The number of aryl methyl sites for hydroxylation is 1. The van der Waals surface area contributed by atoms with Gasteiger partial charge in [0.05, 0.1) is 19.0 Å². The number of imidazole rings is 1. The Balaban J connectivity index is 1.56. The summed E-state index contributed by atoms with van der Waals surface area (Å²) >= 11 is 0. The van der Waals surface area contributed by atoms with Crippen LogP contribution < -0.4 is 10.1 Å². The van der Waals surface area contributed by atoms with E-state index in [9.17, 15) is 4.79 Å². The van der Waals surface area contributed by atoms with E-state index in [1.807, 2.05) is 91.3 Å². The molecule has 6 nitrogen and oxygen atoms in total. The average molecular weight is 465 g/mol. The van der Waals surface area contributed by atoms with Gasteiger partial charge in [-0.3, -0.25) is 4.79 Å². The molecule has 4 rings (SSSR count). The van der Waals surface area contributed by atoms with Gasteiger partial charge in [0.15, 0.2) is 0 Å². The SMILES string of the molecule is C=C/C=C(\C=C/C)Cc1cc(OC)cnc1C(=O)Nc1ccc(-c2cn3cccc(C)c3n2)cc1. The number of rotatable bonds is 8. The minimum absolute atomic E-state index is 0.280. The van der Waals surface area contributed by atoms with E-state index in [0.717, 1.165) is 33.6 Å². The maximum atomic E-state index is 13.2. The highest BCUT2D eigenvalue weighted by atomic mass is 16.5. The van der Waals surface area contributed by atoms with Crippen LogP contribution in [-0.2, 0) is 6.42 Å². The number of fused-ring (bicyclic) bond motifs is 1. The molecular formula is C29H28N4O2. The number of nitrogens with zero attached hydrogens (tertiary/aromatic N) is 3. The number of nitrogens with one attached hydrogen (secondary N) is 1. The monoisotopic (exact) mass is 464 g/mol. The van der Waals surface area contributed by atoms with E-state index < -0.39 is 0 Å². The van der Waals surface area contributed by atoms with E-state index in [2.05, 4.69) is 16.9 Å². The van der Waals surface area contributed by atoms with Gasteiger partial charge in [-0.25, -0.2) is 9.97 Å². The zero-order valence-electron chi connectivity index (χ0n) is 20.2. The van der Waals surface area contributed by atoms with Crippen LogP contribution in [0, 0.1) is 6.92 Å². The molecule has 6 heteroatoms. The second-order valence-corrected chi connectivity index (χ2v) is 8.12. The smallest absolute Gasteiger partial charge is 0.274 e. The standard InChI is InChI=1S/C29H28N4O2/c1-5-8-21(9-6-2)16-23-17-25(35-4)18-30-27(23)29(34)31-24-13-11-22(12-14-24)26-19-33-15-7-10-20(3)28(33)32-26/h5-15,17-19H,1,16H2,2-4H3,(H,31,34)/b9-6-,21-8+. The Labute approximate surface area is 205 Å². The third-order valence-electron chi connectivity index (χ3n) is 5.62. The number of hydrogen-bond acceptors (Lipinski definition) is 4. The molecule has 35 heavy (non-hydrogen) atoms. The first-order valence-corrected chi connectivity index (χ1v) is 11.4. The van der Waals surface area contributed by atoms with Crippen LogP contribution in [-0.4, -0.2) is 27.4 Å². The molecule has 0 saturated carbocycles. The largest absolute Gasteiger partial charge is 0.495 e. The lowest BCUT2D eigenvalue weighted by molar-refractivity contribution is 0.102. The fourth-order valence-electron chi connectivity index (χ4n) is 3.91. The number of methoxy groups -OCH3 is 1. The normalized spacial score (nSPS) is 11.7. The van der Waals surface area contributed by atoms with E-state index in [1.54, 1.807) is 19.4 Å². The maximum absolute atomic E-state index is 13.2. The molecule has 0 fully saturated rings. The highest BCUT2D eigenvalue weighted by Crippen LogP contribution is 2.24. The number of hydrogen-bond donors (Lipinski definition) is 1. The fraction of sp³-hybridized carbons (Fsp3) is 0.138. The van der Waals surface area contributed by atoms with Crippen molar-refractivity contribution in [1.29, 1.82) is 0 Å². The van der Waals surface area contributed by atoms with Crippen molar-refractivity contribution < 1.29 is 9.53 Å². The Morgan fingerprint density at radius 3 is 2.71 bits per heavy atom. The van der Waals surface area contributed by atoms with Crippen LogP contribution in [0.3, 0.4) is 0 Å². The minimum Gasteiger partial charge on any atom is -0.495 e. The van der Waals surface area contributed by atoms with Crippen molar-refractivity contribution in [2.75, 3.05) is 12.4 Å². The van der Waals surface area contributed by atoms with E-state index in [4.69, 9.17) is 9.72 Å². The second kappa shape index (κ2) is 10.7. The third-order valence-corrected chi connectivity index (χ3v) is 5.62. The van der Waals surface area contributed by atoms with Crippen LogP contribution in [0.2, 0.25) is 0 Å². The predicted octanol–water partition coefficient (Wildman–Crippen LogP) is 6.20. The van der Waals surface area contributed by atoms with Crippen LogP contribution in [0.15, 0.2) is 97.5 Å². The fourth-order valence-corrected chi connectivity index (χ4v) is 3.91. The lowest BCUT2D eigenvalue weighted by Gasteiger charge is -2.12. The Hall–Kier alpha value is -4.45. The number of pyridine rings is 2. The molecular weight excluding hydrogens is 436 g/mol. The zero-order valence-corrected chi connectivity index (χ0v) is 20.2. The van der Waals surface area contributed by atoms with Crippen molar-refractivity contribution in [1.82, 2.24) is 14.4 Å². The summed E-state index contributed by atoms with van der Waals surface area (Å²) in [6.45, 7) is 7.77. The molecule has 176 valence electrons. The number of ether oxygens (including phenoxy) is 1. The second-order valence-electron chi connectivity index (χ2n) is 8.12. The van der Waals surface area contributed by atoms with Crippen LogP contribution in [0.4, 0.5) is 5.69 Å². The maximum Gasteiger partial charge on any atom is 0.274 e. The van der Waals surface area contributed by atoms with Gasteiger partial charge in [-0.2, -0.15) is 0 Å². The van der Waals surface area contributed by atoms with Gasteiger partial charge >= 0.3 is 0 Å². The summed E-state index contributed by atoms with van der Waals surface area (Å²) in [4.78, 5) is 22.3. The van der Waals surface area contributed by atoms with Gasteiger partial charge < -0.3 is 14.5 Å². The molecule has 0 bridgehead atoms. The number of anilines is 1. The Kier molecular flexibility index (Phi) is 7.21. The molecule has 3 heterocycles. The summed E-state index contributed by atoms with van der Waals surface area (Å²) < 4.78 is 7.35. The van der Waals surface area contributed by atoms with Crippen LogP contribution >= 0.6 is 0 Å². The number of carbonyl (C=O) groups excluding carboxylic acids is 1. The first-order valence-electron chi connectivity index (χ1n) is 11.4. The number of benzene rings is 1. The van der Waals surface area contributed by atoms with Gasteiger partial charge in [0, 0.05) is 23.6 Å². The minimum atomic E-state index is -0.280. The van der Waals surface area contributed by atoms with Gasteiger partial charge in [0.1, 0.15) is 17.1 Å². The van der Waals surface area contributed by atoms with Gasteiger partial charge in [0.25, 0.3) is 5.91 Å². The molecule has 0 unspecified atom stereocenters. The van der Waals surface area contributed by atoms with E-state index in [0.29, 0.717) is 23.6 Å². The lowest BCUT2D eigenvalue weighted by Crippen LogP contribution is -2.16. The molecule has 1 N–H and O–H groups in total. The van der Waals surface area contributed by atoms with Crippen LogP contribution in [0.5, 0.6) is 5.75 Å². The quantitative estimate of drug-likeness (QED) is 0.315. The zero-order chi connectivity index (χ0) is 24.8. The molecule has 0 radical (unpaired) electrons. The van der Waals surface area contributed by atoms with E-state index >= 15 is 0 Å². The van der Waals surface area contributed by atoms with Crippen molar-refractivity contribution >= 4 is 17.2 Å². The summed E-state index contributed by atoms with van der Waals surface area (Å²) in [6.07, 6.45) is 13.7. The number of allylic oxidation sites excluding steroid dienone is 5. The number of amides is 1. The Morgan fingerprint density at radius 1 is 1.23 bits per heavy atom. The van der Waals surface area contributed by atoms with E-state index in [1.165, 1.54) is 0 Å². The first kappa shape index (κ1) is 23.7. The molecule has 0 aliphatic rings. The first-order chi connectivity index (χ1) is 17.0. The highest BCUT2D eigenvalue weighted by Gasteiger charge is 2.16. The number of aromatic nitrogens is 3. The molecule has 4 aromatic rings.